The lowest BCUT2D eigenvalue weighted by atomic mass is 10.2. The number of ether oxygens (including phenoxy) is 1. The van der Waals surface area contributed by atoms with Crippen LogP contribution in [0.5, 0.6) is 5.75 Å². The van der Waals surface area contributed by atoms with Gasteiger partial charge in [-0.25, -0.2) is 0 Å². The number of furan rings is 2. The van der Waals surface area contributed by atoms with Crippen LogP contribution in [-0.2, 0) is 0 Å². The van der Waals surface area contributed by atoms with Gasteiger partial charge in [0.2, 0.25) is 5.76 Å². The zero-order chi connectivity index (χ0) is 22.8. The molecule has 0 unspecified atom stereocenters. The van der Waals surface area contributed by atoms with Crippen molar-refractivity contribution in [3.63, 3.8) is 0 Å². The predicted octanol–water partition coefficient (Wildman–Crippen LogP) is 4.25. The fourth-order valence-corrected chi connectivity index (χ4v) is 4.09. The molecular formula is C25H23N3O5. The molecule has 0 bridgehead atoms. The van der Waals surface area contributed by atoms with Gasteiger partial charge in [-0.2, -0.15) is 0 Å². The van der Waals surface area contributed by atoms with Crippen LogP contribution in [0.3, 0.4) is 0 Å². The Hall–Kier alpha value is -4.20. The SMILES string of the molecule is COc1ccccc1N1CCN(C(=O)c2oc3ccccc3c2NC(=O)c2ccco2)CC1. The second-order valence-corrected chi connectivity index (χ2v) is 7.68. The van der Waals surface area contributed by atoms with Crippen molar-refractivity contribution < 1.29 is 23.2 Å². The third kappa shape index (κ3) is 3.91. The van der Waals surface area contributed by atoms with E-state index >= 15 is 0 Å². The molecule has 2 aromatic heterocycles. The van der Waals surface area contributed by atoms with E-state index in [4.69, 9.17) is 13.6 Å². The summed E-state index contributed by atoms with van der Waals surface area (Å²) in [6.07, 6.45) is 1.43. The van der Waals surface area contributed by atoms with Crippen molar-refractivity contribution in [3.05, 3.63) is 78.4 Å². The number of nitrogens with one attached hydrogen (secondary N) is 1. The van der Waals surface area contributed by atoms with E-state index in [1.807, 2.05) is 42.5 Å². The van der Waals surface area contributed by atoms with Crippen molar-refractivity contribution in [3.8, 4) is 5.75 Å². The van der Waals surface area contributed by atoms with E-state index in [0.717, 1.165) is 11.4 Å². The second kappa shape index (κ2) is 8.74. The maximum absolute atomic E-state index is 13.4. The average Bonchev–Trinajstić information content (AvgIpc) is 3.53. The molecule has 168 valence electrons. The number of rotatable bonds is 5. The van der Waals surface area contributed by atoms with Gasteiger partial charge in [0.25, 0.3) is 11.8 Å². The Morgan fingerprint density at radius 1 is 0.939 bits per heavy atom. The Labute approximate surface area is 190 Å². The molecule has 2 amide bonds. The molecule has 0 spiro atoms. The highest BCUT2D eigenvalue weighted by Crippen LogP contribution is 2.33. The highest BCUT2D eigenvalue weighted by Gasteiger charge is 2.30. The van der Waals surface area contributed by atoms with Crippen LogP contribution in [0.1, 0.15) is 21.1 Å². The van der Waals surface area contributed by atoms with Crippen LogP contribution < -0.4 is 15.0 Å². The first-order chi connectivity index (χ1) is 16.2. The summed E-state index contributed by atoms with van der Waals surface area (Å²) < 4.78 is 16.6. The van der Waals surface area contributed by atoms with Crippen molar-refractivity contribution in [2.24, 2.45) is 0 Å². The first kappa shape index (κ1) is 20.7. The monoisotopic (exact) mass is 445 g/mol. The first-order valence-corrected chi connectivity index (χ1v) is 10.7. The quantitative estimate of drug-likeness (QED) is 0.494. The number of benzene rings is 2. The minimum Gasteiger partial charge on any atom is -0.495 e. The standard InChI is InChI=1S/C25H23N3O5/c1-31-20-10-5-3-8-18(20)27-12-14-28(15-13-27)25(30)23-22(17-7-2-4-9-19(17)33-23)26-24(29)21-11-6-16-32-21/h2-11,16H,12-15H2,1H3,(H,26,29). The molecule has 1 aliphatic rings. The van der Waals surface area contributed by atoms with Gasteiger partial charge in [0.15, 0.2) is 5.76 Å². The molecule has 33 heavy (non-hydrogen) atoms. The van der Waals surface area contributed by atoms with Gasteiger partial charge in [-0.1, -0.05) is 24.3 Å². The molecule has 8 heteroatoms. The molecule has 1 fully saturated rings. The molecule has 0 saturated carbocycles. The summed E-state index contributed by atoms with van der Waals surface area (Å²) in [4.78, 5) is 30.0. The smallest absolute Gasteiger partial charge is 0.291 e. The molecule has 0 atom stereocenters. The van der Waals surface area contributed by atoms with E-state index in [2.05, 4.69) is 10.2 Å². The second-order valence-electron chi connectivity index (χ2n) is 7.68. The van der Waals surface area contributed by atoms with Gasteiger partial charge >= 0.3 is 0 Å². The van der Waals surface area contributed by atoms with Crippen LogP contribution in [0.15, 0.2) is 75.8 Å². The van der Waals surface area contributed by atoms with Gasteiger partial charge in [0.05, 0.1) is 19.1 Å². The van der Waals surface area contributed by atoms with E-state index < -0.39 is 5.91 Å². The number of hydrogen-bond acceptors (Lipinski definition) is 6. The average molecular weight is 445 g/mol. The van der Waals surface area contributed by atoms with E-state index in [1.54, 1.807) is 30.2 Å². The van der Waals surface area contributed by atoms with Crippen LogP contribution in [0.25, 0.3) is 11.0 Å². The highest BCUT2D eigenvalue weighted by atomic mass is 16.5. The van der Waals surface area contributed by atoms with Crippen molar-refractivity contribution in [1.29, 1.82) is 0 Å². The van der Waals surface area contributed by atoms with E-state index in [-0.39, 0.29) is 17.4 Å². The van der Waals surface area contributed by atoms with Gasteiger partial charge in [0, 0.05) is 31.6 Å². The fourth-order valence-electron chi connectivity index (χ4n) is 4.09. The molecule has 5 rings (SSSR count). The van der Waals surface area contributed by atoms with Crippen LogP contribution in [-0.4, -0.2) is 50.0 Å². The molecule has 0 radical (unpaired) electrons. The molecule has 8 nitrogen and oxygen atoms in total. The molecule has 1 aliphatic heterocycles. The third-order valence-electron chi connectivity index (χ3n) is 5.77. The van der Waals surface area contributed by atoms with Crippen LogP contribution >= 0.6 is 0 Å². The number of methoxy groups -OCH3 is 1. The lowest BCUT2D eigenvalue weighted by Crippen LogP contribution is -2.49. The van der Waals surface area contributed by atoms with Gasteiger partial charge in [0.1, 0.15) is 17.0 Å². The Bertz CT molecular complexity index is 1290. The predicted molar refractivity (Wildman–Crippen MR) is 124 cm³/mol. The Morgan fingerprint density at radius 2 is 1.70 bits per heavy atom. The normalized spacial score (nSPS) is 13.8. The van der Waals surface area contributed by atoms with Crippen molar-refractivity contribution >= 4 is 34.2 Å². The molecule has 1 saturated heterocycles. The number of amides is 2. The summed E-state index contributed by atoms with van der Waals surface area (Å²) in [5.74, 6) is 0.366. The van der Waals surface area contributed by atoms with Gasteiger partial charge in [-0.05, 0) is 36.4 Å². The fraction of sp³-hybridized carbons (Fsp3) is 0.200. The van der Waals surface area contributed by atoms with E-state index in [9.17, 15) is 9.59 Å². The van der Waals surface area contributed by atoms with E-state index in [1.165, 1.54) is 6.26 Å². The number of hydrogen-bond donors (Lipinski definition) is 1. The Morgan fingerprint density at radius 3 is 2.45 bits per heavy atom. The van der Waals surface area contributed by atoms with Crippen LogP contribution in [0.2, 0.25) is 0 Å². The molecule has 0 aliphatic carbocycles. The number of carbonyl (C=O) groups is 2. The Balaban J connectivity index is 1.38. The van der Waals surface area contributed by atoms with E-state index in [0.29, 0.717) is 42.8 Å². The topological polar surface area (TPSA) is 88.2 Å². The molecule has 3 heterocycles. The minimum atomic E-state index is -0.443. The third-order valence-corrected chi connectivity index (χ3v) is 5.77. The summed E-state index contributed by atoms with van der Waals surface area (Å²) in [7, 11) is 1.65. The summed E-state index contributed by atoms with van der Waals surface area (Å²) in [6.45, 7) is 2.33. The van der Waals surface area contributed by atoms with Gasteiger partial charge in [-0.3, -0.25) is 9.59 Å². The zero-order valence-corrected chi connectivity index (χ0v) is 18.1. The summed E-state index contributed by atoms with van der Waals surface area (Å²) >= 11 is 0. The molecule has 1 N–H and O–H groups in total. The molecular weight excluding hydrogens is 422 g/mol. The maximum Gasteiger partial charge on any atom is 0.291 e. The lowest BCUT2D eigenvalue weighted by Gasteiger charge is -2.36. The van der Waals surface area contributed by atoms with Crippen molar-refractivity contribution in [1.82, 2.24) is 4.90 Å². The van der Waals surface area contributed by atoms with Gasteiger partial charge < -0.3 is 28.7 Å². The summed E-state index contributed by atoms with van der Waals surface area (Å²) in [6, 6.07) is 18.3. The van der Waals surface area contributed by atoms with Crippen LogP contribution in [0, 0.1) is 0 Å². The minimum absolute atomic E-state index is 0.113. The first-order valence-electron chi connectivity index (χ1n) is 10.7. The summed E-state index contributed by atoms with van der Waals surface area (Å²) in [5.41, 5.74) is 1.88. The largest absolute Gasteiger partial charge is 0.495 e. The molecule has 4 aromatic rings. The van der Waals surface area contributed by atoms with Crippen LogP contribution in [0.4, 0.5) is 11.4 Å². The highest BCUT2D eigenvalue weighted by molar-refractivity contribution is 6.13. The number of carbonyl (C=O) groups excluding carboxylic acids is 2. The molecule has 2 aromatic carbocycles. The Kier molecular flexibility index (Phi) is 5.48. The lowest BCUT2D eigenvalue weighted by molar-refractivity contribution is 0.0718. The number of para-hydroxylation sites is 3. The number of anilines is 2. The maximum atomic E-state index is 13.4. The van der Waals surface area contributed by atoms with Gasteiger partial charge in [-0.15, -0.1) is 0 Å². The number of piperazine rings is 1. The number of fused-ring (bicyclic) bond motifs is 1. The van der Waals surface area contributed by atoms with Crippen molar-refractivity contribution in [2.45, 2.75) is 0 Å². The number of nitrogens with zero attached hydrogens (tertiary/aromatic N) is 2. The zero-order valence-electron chi connectivity index (χ0n) is 18.1. The summed E-state index contributed by atoms with van der Waals surface area (Å²) in [5, 5.41) is 3.47. The van der Waals surface area contributed by atoms with Crippen molar-refractivity contribution in [2.75, 3.05) is 43.5 Å².